The molecule has 0 aromatic heterocycles. The van der Waals surface area contributed by atoms with Crippen LogP contribution in [0.3, 0.4) is 0 Å². The van der Waals surface area contributed by atoms with E-state index in [-0.39, 0.29) is 48.3 Å². The highest BCUT2D eigenvalue weighted by Gasteiger charge is 2.40. The number of rotatable bonds is 11. The molecule has 2 aromatic rings. The van der Waals surface area contributed by atoms with Crippen LogP contribution in [-0.4, -0.2) is 86.6 Å². The van der Waals surface area contributed by atoms with Crippen LogP contribution in [0.5, 0.6) is 5.75 Å². The fourth-order valence-electron chi connectivity index (χ4n) is 7.58. The van der Waals surface area contributed by atoms with Crippen molar-refractivity contribution in [3.05, 3.63) is 58.1 Å². The van der Waals surface area contributed by atoms with Crippen LogP contribution in [0.25, 0.3) is 0 Å². The lowest BCUT2D eigenvalue weighted by Gasteiger charge is -2.44. The standard InChI is InChI=1S/C36H49ClN2O6S.C5H10O3/c1-4-9-24-18-28(37)14-16-30(24)27-21-39-20-26-12-15-31(26)33(45-23-35(40)43-6-3)11-8-7-10-29(5-2)46(42)38-36(41)25-13-17-34(44-22-27)32(39)19-25;1-3-8-5(6)4-7-2/h13-14,16-19,26-27,29,31,33H,4-12,15,20-23H2,1-3H3,(H,38,41);3-4H2,1-2H3. The van der Waals surface area contributed by atoms with Crippen molar-refractivity contribution < 1.29 is 42.3 Å². The molecule has 2 heterocycles. The molecule has 5 rings (SSSR count). The number of benzene rings is 2. The number of nitrogens with one attached hydrogen (secondary N) is 1. The Labute approximate surface area is 328 Å². The zero-order chi connectivity index (χ0) is 39.0. The Hall–Kier alpha value is -3.19. The molecule has 1 amide bonds. The highest BCUT2D eigenvalue weighted by atomic mass is 35.5. The van der Waals surface area contributed by atoms with Gasteiger partial charge in [0.05, 0.1) is 36.9 Å². The van der Waals surface area contributed by atoms with Gasteiger partial charge in [-0.1, -0.05) is 50.8 Å². The smallest absolute Gasteiger partial charge is 0.332 e. The second-order valence-electron chi connectivity index (χ2n) is 14.1. The van der Waals surface area contributed by atoms with Crippen LogP contribution in [0.1, 0.15) is 106 Å². The third kappa shape index (κ3) is 12.4. The maximum atomic E-state index is 13.4. The Kier molecular flexibility index (Phi) is 18.0. The normalized spacial score (nSPS) is 24.3. The van der Waals surface area contributed by atoms with Gasteiger partial charge in [-0.3, -0.25) is 9.52 Å². The van der Waals surface area contributed by atoms with Gasteiger partial charge in [0.15, 0.2) is 0 Å². The third-order valence-electron chi connectivity index (χ3n) is 10.4. The number of aryl methyl sites for hydroxylation is 1. The predicted octanol–water partition coefficient (Wildman–Crippen LogP) is 7.19. The molecule has 6 unspecified atom stereocenters. The first kappa shape index (κ1) is 43.5. The number of esters is 2. The Balaban J connectivity index is 0.000000730. The van der Waals surface area contributed by atoms with Gasteiger partial charge in [0.2, 0.25) is 0 Å². The van der Waals surface area contributed by atoms with Gasteiger partial charge >= 0.3 is 11.9 Å². The molecule has 1 aliphatic carbocycles. The number of nitrogens with zero attached hydrogens (tertiary/aromatic N) is 1. The number of hydrogen-bond donors (Lipinski definition) is 1. The van der Waals surface area contributed by atoms with E-state index in [1.54, 1.807) is 19.9 Å². The number of carbonyl (C=O) groups excluding carboxylic acids is 3. The first-order chi connectivity index (χ1) is 26.1. The fourth-order valence-corrected chi connectivity index (χ4v) is 8.93. The number of carbonyl (C=O) groups is 3. The molecular weight excluding hydrogens is 732 g/mol. The van der Waals surface area contributed by atoms with Crippen LogP contribution in [0.4, 0.5) is 5.69 Å². The number of methoxy groups -OCH3 is 1. The van der Waals surface area contributed by atoms with E-state index in [4.69, 9.17) is 25.8 Å². The molecule has 3 aliphatic rings. The Morgan fingerprint density at radius 3 is 2.35 bits per heavy atom. The van der Waals surface area contributed by atoms with E-state index >= 15 is 0 Å². The van der Waals surface area contributed by atoms with Gasteiger partial charge in [-0.2, -0.15) is 0 Å². The van der Waals surface area contributed by atoms with Gasteiger partial charge in [0.25, 0.3) is 5.91 Å². The predicted molar refractivity (Wildman–Crippen MR) is 212 cm³/mol. The summed E-state index contributed by atoms with van der Waals surface area (Å²) >= 11 is 6.43. The van der Waals surface area contributed by atoms with Crippen molar-refractivity contribution in [2.75, 3.05) is 58.1 Å². The average Bonchev–Trinajstić information content (AvgIpc) is 3.31. The van der Waals surface area contributed by atoms with Crippen molar-refractivity contribution in [2.24, 2.45) is 11.8 Å². The van der Waals surface area contributed by atoms with Gasteiger partial charge in [-0.15, -0.1) is 0 Å². The zero-order valence-electron chi connectivity index (χ0n) is 32.6. The summed E-state index contributed by atoms with van der Waals surface area (Å²) < 4.78 is 43.0. The minimum atomic E-state index is -1.50. The largest absolute Gasteiger partial charge is 0.491 e. The fraction of sp³-hybridized carbons (Fsp3) is 0.634. The van der Waals surface area contributed by atoms with E-state index in [2.05, 4.69) is 38.2 Å². The van der Waals surface area contributed by atoms with Crippen molar-refractivity contribution in [3.8, 4) is 5.75 Å². The molecule has 0 radical (unpaired) electrons. The molecule has 11 nitrogen and oxygen atoms in total. The number of amides is 1. The topological polar surface area (TPSA) is 130 Å². The number of halogens is 1. The van der Waals surface area contributed by atoms with E-state index in [0.29, 0.717) is 43.6 Å². The molecule has 300 valence electrons. The minimum Gasteiger partial charge on any atom is -0.491 e. The lowest BCUT2D eigenvalue weighted by molar-refractivity contribution is -0.154. The molecule has 54 heavy (non-hydrogen) atoms. The van der Waals surface area contributed by atoms with Crippen LogP contribution in [0.2, 0.25) is 5.02 Å². The van der Waals surface area contributed by atoms with E-state index in [9.17, 15) is 18.6 Å². The summed E-state index contributed by atoms with van der Waals surface area (Å²) in [6.45, 7) is 10.5. The second-order valence-corrected chi connectivity index (χ2v) is 16.0. The summed E-state index contributed by atoms with van der Waals surface area (Å²) in [4.78, 5) is 38.3. The quantitative estimate of drug-likeness (QED) is 0.234. The first-order valence-electron chi connectivity index (χ1n) is 19.6. The highest BCUT2D eigenvalue weighted by Crippen LogP contribution is 2.44. The summed E-state index contributed by atoms with van der Waals surface area (Å²) in [6, 6.07) is 11.7. The number of ether oxygens (including phenoxy) is 5. The van der Waals surface area contributed by atoms with Crippen LogP contribution >= 0.6 is 11.6 Å². The zero-order valence-corrected chi connectivity index (χ0v) is 34.1. The van der Waals surface area contributed by atoms with Crippen LogP contribution in [0.15, 0.2) is 36.4 Å². The van der Waals surface area contributed by atoms with E-state index in [1.807, 2.05) is 25.1 Å². The molecular formula is C41H59ClN2O9S. The molecule has 2 aliphatic heterocycles. The van der Waals surface area contributed by atoms with Crippen molar-refractivity contribution in [1.82, 2.24) is 4.72 Å². The Bertz CT molecular complexity index is 1550. The summed E-state index contributed by atoms with van der Waals surface area (Å²) in [5.74, 6) is 0.537. The maximum absolute atomic E-state index is 13.4. The molecule has 0 saturated heterocycles. The monoisotopic (exact) mass is 790 g/mol. The molecule has 6 atom stereocenters. The maximum Gasteiger partial charge on any atom is 0.332 e. The molecule has 0 spiro atoms. The molecule has 13 heteroatoms. The molecule has 1 saturated carbocycles. The number of fused-ring (bicyclic) bond motifs is 2. The van der Waals surface area contributed by atoms with Gasteiger partial charge in [0.1, 0.15) is 29.9 Å². The average molecular weight is 791 g/mol. The summed E-state index contributed by atoms with van der Waals surface area (Å²) in [7, 11) is -0.0476. The highest BCUT2D eigenvalue weighted by molar-refractivity contribution is 7.84. The van der Waals surface area contributed by atoms with Gasteiger partial charge in [0, 0.05) is 36.7 Å². The van der Waals surface area contributed by atoms with Gasteiger partial charge < -0.3 is 28.6 Å². The van der Waals surface area contributed by atoms with Gasteiger partial charge in [-0.05, 0) is 106 Å². The Morgan fingerprint density at radius 1 is 0.944 bits per heavy atom. The molecule has 2 aromatic carbocycles. The second kappa shape index (κ2) is 22.4. The van der Waals surface area contributed by atoms with Crippen LogP contribution < -0.4 is 14.4 Å². The van der Waals surface area contributed by atoms with E-state index in [0.717, 1.165) is 80.9 Å². The van der Waals surface area contributed by atoms with Gasteiger partial charge in [-0.25, -0.2) is 13.8 Å². The van der Waals surface area contributed by atoms with Crippen LogP contribution in [0, 0.1) is 11.8 Å². The van der Waals surface area contributed by atoms with E-state index in [1.165, 1.54) is 18.2 Å². The van der Waals surface area contributed by atoms with Crippen molar-refractivity contribution in [3.63, 3.8) is 0 Å². The van der Waals surface area contributed by atoms with Crippen molar-refractivity contribution in [1.29, 1.82) is 0 Å². The SMILES string of the molecule is CCCc1cc(Cl)ccc1C1COc2ccc3cc2N(C1)CC1CCC1C(OCC(=O)OCC)CCCCC(CC)S(=O)NC3=O.CCOC(=O)COC. The Morgan fingerprint density at radius 2 is 1.69 bits per heavy atom. The summed E-state index contributed by atoms with van der Waals surface area (Å²) in [5.41, 5.74) is 3.83. The summed E-state index contributed by atoms with van der Waals surface area (Å²) in [5, 5.41) is 0.602. The third-order valence-corrected chi connectivity index (χ3v) is 12.2. The lowest BCUT2D eigenvalue weighted by atomic mass is 9.69. The molecule has 2 bridgehead atoms. The van der Waals surface area contributed by atoms with Crippen molar-refractivity contribution >= 4 is 46.1 Å². The van der Waals surface area contributed by atoms with Crippen molar-refractivity contribution in [2.45, 2.75) is 103 Å². The number of anilines is 1. The minimum absolute atomic E-state index is 0.0437. The molecule has 1 fully saturated rings. The summed E-state index contributed by atoms with van der Waals surface area (Å²) in [6.07, 6.45) is 8.07. The lowest BCUT2D eigenvalue weighted by Crippen LogP contribution is -2.45. The number of hydrogen-bond acceptors (Lipinski definition) is 10. The first-order valence-corrected chi connectivity index (χ1v) is 21.1. The molecule has 1 N–H and O–H groups in total. The van der Waals surface area contributed by atoms with E-state index < -0.39 is 11.0 Å². The van der Waals surface area contributed by atoms with Crippen LogP contribution in [-0.2, 0) is 45.9 Å².